The summed E-state index contributed by atoms with van der Waals surface area (Å²) in [5, 5.41) is 19.7. The van der Waals surface area contributed by atoms with Gasteiger partial charge in [0, 0.05) is 0 Å². The van der Waals surface area contributed by atoms with Crippen LogP contribution in [0, 0.1) is 11.3 Å². The lowest BCUT2D eigenvalue weighted by atomic mass is 9.99. The fourth-order valence-corrected chi connectivity index (χ4v) is 1.65. The number of carboxylic acid groups (broad SMARTS) is 1. The van der Waals surface area contributed by atoms with E-state index in [1.807, 2.05) is 6.07 Å². The Balaban J connectivity index is 2.57. The minimum absolute atomic E-state index is 0.107. The van der Waals surface area contributed by atoms with Gasteiger partial charge in [0.05, 0.1) is 17.6 Å². The van der Waals surface area contributed by atoms with Crippen molar-refractivity contribution >= 4 is 5.97 Å². The maximum absolute atomic E-state index is 10.8. The Bertz CT molecular complexity index is 612. The first-order chi connectivity index (χ1) is 8.22. The van der Waals surface area contributed by atoms with Gasteiger partial charge in [0.2, 0.25) is 0 Å². The van der Waals surface area contributed by atoms with Crippen molar-refractivity contribution in [1.29, 1.82) is 5.26 Å². The molecule has 2 rings (SSSR count). The SMILES string of the molecule is N#Cc1ccccc1-c1cccc(C(=O)[O-])c1. The van der Waals surface area contributed by atoms with Crippen LogP contribution >= 0.6 is 0 Å². The van der Waals surface area contributed by atoms with Crippen molar-refractivity contribution in [2.45, 2.75) is 0 Å². The van der Waals surface area contributed by atoms with Crippen LogP contribution in [0.3, 0.4) is 0 Å². The molecule has 0 N–H and O–H groups in total. The molecule has 0 saturated carbocycles. The van der Waals surface area contributed by atoms with E-state index in [0.717, 1.165) is 5.56 Å². The highest BCUT2D eigenvalue weighted by molar-refractivity contribution is 5.88. The zero-order valence-electron chi connectivity index (χ0n) is 8.88. The summed E-state index contributed by atoms with van der Waals surface area (Å²) < 4.78 is 0. The Labute approximate surface area is 98.6 Å². The molecule has 0 aliphatic carbocycles. The van der Waals surface area contributed by atoms with E-state index in [1.54, 1.807) is 30.3 Å². The Hall–Kier alpha value is -2.60. The van der Waals surface area contributed by atoms with Gasteiger partial charge >= 0.3 is 0 Å². The molecule has 0 radical (unpaired) electrons. The largest absolute Gasteiger partial charge is 0.545 e. The molecule has 0 aliphatic heterocycles. The molecule has 0 unspecified atom stereocenters. The molecule has 0 saturated heterocycles. The quantitative estimate of drug-likeness (QED) is 0.775. The van der Waals surface area contributed by atoms with Gasteiger partial charge in [0.1, 0.15) is 0 Å². The Morgan fingerprint density at radius 3 is 2.59 bits per heavy atom. The Kier molecular flexibility index (Phi) is 2.89. The van der Waals surface area contributed by atoms with Crippen LogP contribution in [0.15, 0.2) is 48.5 Å². The van der Waals surface area contributed by atoms with E-state index in [0.29, 0.717) is 11.1 Å². The number of aromatic carboxylic acids is 1. The molecule has 0 bridgehead atoms. The number of hydrogen-bond acceptors (Lipinski definition) is 3. The van der Waals surface area contributed by atoms with Crippen LogP contribution in [0.2, 0.25) is 0 Å². The summed E-state index contributed by atoms with van der Waals surface area (Å²) in [5.41, 5.74) is 2.04. The Morgan fingerprint density at radius 1 is 1.12 bits per heavy atom. The number of carbonyl (C=O) groups is 1. The fourth-order valence-electron chi connectivity index (χ4n) is 1.65. The van der Waals surface area contributed by atoms with Crippen molar-refractivity contribution in [2.75, 3.05) is 0 Å². The third-order valence-corrected chi connectivity index (χ3v) is 2.46. The number of carboxylic acids is 1. The molecule has 0 aliphatic rings. The first-order valence-corrected chi connectivity index (χ1v) is 5.03. The smallest absolute Gasteiger partial charge is 0.0998 e. The predicted octanol–water partition coefficient (Wildman–Crippen LogP) is 1.59. The normalized spacial score (nSPS) is 9.59. The molecule has 17 heavy (non-hydrogen) atoms. The number of nitrogens with zero attached hydrogens (tertiary/aromatic N) is 1. The van der Waals surface area contributed by atoms with Crippen molar-refractivity contribution in [3.8, 4) is 17.2 Å². The highest BCUT2D eigenvalue weighted by Gasteiger charge is 2.04. The van der Waals surface area contributed by atoms with E-state index in [2.05, 4.69) is 6.07 Å². The lowest BCUT2D eigenvalue weighted by molar-refractivity contribution is -0.255. The summed E-state index contributed by atoms with van der Waals surface area (Å²) in [6.07, 6.45) is 0. The maximum Gasteiger partial charge on any atom is 0.0998 e. The molecule has 0 amide bonds. The first kappa shape index (κ1) is 10.9. The average Bonchev–Trinajstić information content (AvgIpc) is 2.39. The summed E-state index contributed by atoms with van der Waals surface area (Å²) in [4.78, 5) is 10.8. The van der Waals surface area contributed by atoms with Crippen LogP contribution in [0.4, 0.5) is 0 Å². The van der Waals surface area contributed by atoms with Gasteiger partial charge in [-0.05, 0) is 28.8 Å². The maximum atomic E-state index is 10.8. The summed E-state index contributed by atoms with van der Waals surface area (Å²) in [5.74, 6) is -1.22. The second-order valence-corrected chi connectivity index (χ2v) is 3.53. The van der Waals surface area contributed by atoms with E-state index in [-0.39, 0.29) is 5.56 Å². The molecule has 3 nitrogen and oxygen atoms in total. The van der Waals surface area contributed by atoms with Crippen molar-refractivity contribution in [3.05, 3.63) is 59.7 Å². The minimum Gasteiger partial charge on any atom is -0.545 e. The third-order valence-electron chi connectivity index (χ3n) is 2.46. The van der Waals surface area contributed by atoms with E-state index in [1.165, 1.54) is 12.1 Å². The number of carbonyl (C=O) groups excluding carboxylic acids is 1. The lowest BCUT2D eigenvalue weighted by Crippen LogP contribution is -2.22. The van der Waals surface area contributed by atoms with E-state index >= 15 is 0 Å². The van der Waals surface area contributed by atoms with E-state index in [9.17, 15) is 9.90 Å². The predicted molar refractivity (Wildman–Crippen MR) is 60.9 cm³/mol. The lowest BCUT2D eigenvalue weighted by Gasteiger charge is -2.07. The number of rotatable bonds is 2. The molecule has 0 fully saturated rings. The first-order valence-electron chi connectivity index (χ1n) is 5.03. The standard InChI is InChI=1S/C14H9NO2/c15-9-12-4-1-2-7-13(12)10-5-3-6-11(8-10)14(16)17/h1-8H,(H,16,17)/p-1. The highest BCUT2D eigenvalue weighted by atomic mass is 16.4. The summed E-state index contributed by atoms with van der Waals surface area (Å²) in [7, 11) is 0. The van der Waals surface area contributed by atoms with Crippen LogP contribution < -0.4 is 5.11 Å². The molecule has 0 spiro atoms. The van der Waals surface area contributed by atoms with Crippen molar-refractivity contribution in [3.63, 3.8) is 0 Å². The van der Waals surface area contributed by atoms with E-state index in [4.69, 9.17) is 5.26 Å². The summed E-state index contributed by atoms with van der Waals surface area (Å²) >= 11 is 0. The molecule has 2 aromatic rings. The summed E-state index contributed by atoms with van der Waals surface area (Å²) in [6.45, 7) is 0. The van der Waals surface area contributed by atoms with Gasteiger partial charge in [-0.2, -0.15) is 5.26 Å². The van der Waals surface area contributed by atoms with Gasteiger partial charge in [-0.1, -0.05) is 36.4 Å². The highest BCUT2D eigenvalue weighted by Crippen LogP contribution is 2.23. The van der Waals surface area contributed by atoms with Gasteiger partial charge < -0.3 is 9.90 Å². The molecule has 82 valence electrons. The summed E-state index contributed by atoms with van der Waals surface area (Å²) in [6, 6.07) is 15.5. The third kappa shape index (κ3) is 2.16. The van der Waals surface area contributed by atoms with Crippen LogP contribution in [-0.4, -0.2) is 5.97 Å². The van der Waals surface area contributed by atoms with E-state index < -0.39 is 5.97 Å². The van der Waals surface area contributed by atoms with Crippen molar-refractivity contribution in [2.24, 2.45) is 0 Å². The fraction of sp³-hybridized carbons (Fsp3) is 0. The molecule has 0 atom stereocenters. The van der Waals surface area contributed by atoms with Crippen LogP contribution in [-0.2, 0) is 0 Å². The Morgan fingerprint density at radius 2 is 1.88 bits per heavy atom. The second-order valence-electron chi connectivity index (χ2n) is 3.53. The van der Waals surface area contributed by atoms with Crippen molar-refractivity contribution in [1.82, 2.24) is 0 Å². The van der Waals surface area contributed by atoms with Crippen molar-refractivity contribution < 1.29 is 9.90 Å². The number of nitriles is 1. The van der Waals surface area contributed by atoms with Gasteiger partial charge in [-0.3, -0.25) is 0 Å². The molecule has 3 heteroatoms. The van der Waals surface area contributed by atoms with Crippen LogP contribution in [0.1, 0.15) is 15.9 Å². The monoisotopic (exact) mass is 222 g/mol. The van der Waals surface area contributed by atoms with Gasteiger partial charge in [0.15, 0.2) is 0 Å². The number of hydrogen-bond donors (Lipinski definition) is 0. The topological polar surface area (TPSA) is 63.9 Å². The van der Waals surface area contributed by atoms with Gasteiger partial charge in [-0.25, -0.2) is 0 Å². The van der Waals surface area contributed by atoms with Gasteiger partial charge in [0.25, 0.3) is 0 Å². The molecule has 0 aromatic heterocycles. The molecule has 2 aromatic carbocycles. The van der Waals surface area contributed by atoms with Crippen LogP contribution in [0.5, 0.6) is 0 Å². The second kappa shape index (κ2) is 4.50. The molecular weight excluding hydrogens is 214 g/mol. The zero-order valence-corrected chi connectivity index (χ0v) is 8.88. The molecular formula is C14H8NO2-. The van der Waals surface area contributed by atoms with Crippen LogP contribution in [0.25, 0.3) is 11.1 Å². The number of benzene rings is 2. The minimum atomic E-state index is -1.22. The zero-order chi connectivity index (χ0) is 12.3. The average molecular weight is 222 g/mol. The van der Waals surface area contributed by atoms with Gasteiger partial charge in [-0.15, -0.1) is 0 Å². The molecule has 0 heterocycles.